The first-order valence-corrected chi connectivity index (χ1v) is 6.21. The fourth-order valence-electron chi connectivity index (χ4n) is 2.01. The van der Waals surface area contributed by atoms with E-state index in [0.717, 1.165) is 23.1 Å². The summed E-state index contributed by atoms with van der Waals surface area (Å²) in [6.45, 7) is 3.81. The largest absolute Gasteiger partial charge is 0.416 e. The van der Waals surface area contributed by atoms with Gasteiger partial charge in [0.25, 0.3) is 0 Å². The van der Waals surface area contributed by atoms with Crippen LogP contribution < -0.4 is 5.32 Å². The van der Waals surface area contributed by atoms with Gasteiger partial charge in [-0.1, -0.05) is 18.2 Å². The highest BCUT2D eigenvalue weighted by atomic mass is 19.4. The van der Waals surface area contributed by atoms with E-state index in [4.69, 9.17) is 0 Å². The third kappa shape index (κ3) is 3.29. The molecule has 0 bridgehead atoms. The molecule has 2 aromatic rings. The van der Waals surface area contributed by atoms with Crippen molar-refractivity contribution >= 4 is 5.69 Å². The first-order valence-electron chi connectivity index (χ1n) is 6.21. The van der Waals surface area contributed by atoms with Crippen molar-refractivity contribution in [2.75, 3.05) is 5.32 Å². The molecule has 0 fully saturated rings. The van der Waals surface area contributed by atoms with Crippen LogP contribution in [0.3, 0.4) is 0 Å². The Balaban J connectivity index is 2.19. The minimum absolute atomic E-state index is 0.112. The van der Waals surface area contributed by atoms with Crippen LogP contribution in [0.15, 0.2) is 36.4 Å². The molecule has 0 saturated heterocycles. The Morgan fingerprint density at radius 1 is 1.05 bits per heavy atom. The fourth-order valence-corrected chi connectivity index (χ4v) is 2.01. The minimum Gasteiger partial charge on any atom is -0.379 e. The maximum atomic E-state index is 12.9. The molecule has 1 heterocycles. The highest BCUT2D eigenvalue weighted by Gasteiger charge is 2.32. The van der Waals surface area contributed by atoms with Crippen LogP contribution in [-0.2, 0) is 12.7 Å². The van der Waals surface area contributed by atoms with E-state index >= 15 is 0 Å². The SMILES string of the molecule is Cc1ccc(NCc2ccccc2C(F)(F)F)c(C)n1. The molecule has 2 rings (SSSR count). The molecule has 0 aliphatic rings. The Hall–Kier alpha value is -2.04. The van der Waals surface area contributed by atoms with Crippen molar-refractivity contribution in [3.05, 3.63) is 58.9 Å². The van der Waals surface area contributed by atoms with Crippen LogP contribution in [0, 0.1) is 13.8 Å². The second kappa shape index (κ2) is 5.53. The van der Waals surface area contributed by atoms with Gasteiger partial charge < -0.3 is 5.32 Å². The van der Waals surface area contributed by atoms with Gasteiger partial charge in [0.1, 0.15) is 0 Å². The monoisotopic (exact) mass is 280 g/mol. The van der Waals surface area contributed by atoms with Gasteiger partial charge >= 0.3 is 6.18 Å². The summed E-state index contributed by atoms with van der Waals surface area (Å²) in [5, 5.41) is 3.01. The predicted molar refractivity (Wildman–Crippen MR) is 72.5 cm³/mol. The summed E-state index contributed by atoms with van der Waals surface area (Å²) in [5.74, 6) is 0. The van der Waals surface area contributed by atoms with Crippen LogP contribution >= 0.6 is 0 Å². The molecule has 0 aliphatic carbocycles. The van der Waals surface area contributed by atoms with Gasteiger partial charge in [-0.15, -0.1) is 0 Å². The Morgan fingerprint density at radius 2 is 1.75 bits per heavy atom. The van der Waals surface area contributed by atoms with Gasteiger partial charge in [0.15, 0.2) is 0 Å². The Kier molecular flexibility index (Phi) is 3.97. The summed E-state index contributed by atoms with van der Waals surface area (Å²) < 4.78 is 38.6. The van der Waals surface area contributed by atoms with Crippen LogP contribution in [0.5, 0.6) is 0 Å². The van der Waals surface area contributed by atoms with Gasteiger partial charge in [0, 0.05) is 12.2 Å². The molecule has 1 aromatic heterocycles. The van der Waals surface area contributed by atoms with Crippen LogP contribution in [0.2, 0.25) is 0 Å². The summed E-state index contributed by atoms with van der Waals surface area (Å²) in [5.41, 5.74) is 2.01. The second-order valence-electron chi connectivity index (χ2n) is 4.59. The van der Waals surface area contributed by atoms with Crippen molar-refractivity contribution in [2.45, 2.75) is 26.6 Å². The van der Waals surface area contributed by atoms with Crippen molar-refractivity contribution in [1.82, 2.24) is 4.98 Å². The molecule has 1 aromatic carbocycles. The number of nitrogens with zero attached hydrogens (tertiary/aromatic N) is 1. The minimum atomic E-state index is -4.33. The molecule has 20 heavy (non-hydrogen) atoms. The second-order valence-corrected chi connectivity index (χ2v) is 4.59. The van der Waals surface area contributed by atoms with E-state index in [-0.39, 0.29) is 12.1 Å². The van der Waals surface area contributed by atoms with Gasteiger partial charge in [-0.25, -0.2) is 0 Å². The zero-order valence-corrected chi connectivity index (χ0v) is 11.3. The van der Waals surface area contributed by atoms with E-state index in [1.165, 1.54) is 12.1 Å². The number of pyridine rings is 1. The average molecular weight is 280 g/mol. The zero-order chi connectivity index (χ0) is 14.8. The molecule has 0 spiro atoms. The van der Waals surface area contributed by atoms with Crippen LogP contribution in [0.25, 0.3) is 0 Å². The van der Waals surface area contributed by atoms with Gasteiger partial charge in [0.2, 0.25) is 0 Å². The normalized spacial score (nSPS) is 11.4. The van der Waals surface area contributed by atoms with E-state index in [1.54, 1.807) is 6.07 Å². The molecule has 5 heteroatoms. The van der Waals surface area contributed by atoms with Crippen LogP contribution in [0.4, 0.5) is 18.9 Å². The smallest absolute Gasteiger partial charge is 0.379 e. The molecule has 0 atom stereocenters. The zero-order valence-electron chi connectivity index (χ0n) is 11.3. The van der Waals surface area contributed by atoms with Crippen molar-refractivity contribution in [3.63, 3.8) is 0 Å². The van der Waals surface area contributed by atoms with Crippen molar-refractivity contribution < 1.29 is 13.2 Å². The van der Waals surface area contributed by atoms with Crippen molar-refractivity contribution in [3.8, 4) is 0 Å². The molecule has 0 radical (unpaired) electrons. The predicted octanol–water partition coefficient (Wildman–Crippen LogP) is 4.33. The number of aromatic nitrogens is 1. The fraction of sp³-hybridized carbons (Fsp3) is 0.267. The maximum Gasteiger partial charge on any atom is 0.416 e. The number of alkyl halides is 3. The number of hydrogen-bond donors (Lipinski definition) is 1. The number of hydrogen-bond acceptors (Lipinski definition) is 2. The summed E-state index contributed by atoms with van der Waals surface area (Å²) >= 11 is 0. The number of rotatable bonds is 3. The number of anilines is 1. The Labute approximate surface area is 115 Å². The topological polar surface area (TPSA) is 24.9 Å². The molecule has 0 aliphatic heterocycles. The van der Waals surface area contributed by atoms with E-state index in [2.05, 4.69) is 10.3 Å². The van der Waals surface area contributed by atoms with Gasteiger partial charge in [0.05, 0.1) is 16.9 Å². The van der Waals surface area contributed by atoms with Crippen molar-refractivity contribution in [2.24, 2.45) is 0 Å². The summed E-state index contributed by atoms with van der Waals surface area (Å²) in [4.78, 5) is 4.27. The number of aryl methyl sites for hydroxylation is 2. The lowest BCUT2D eigenvalue weighted by atomic mass is 10.1. The molecular formula is C15H15F3N2. The summed E-state index contributed by atoms with van der Waals surface area (Å²) in [6, 6.07) is 9.22. The number of halogens is 3. The van der Waals surface area contributed by atoms with Crippen LogP contribution in [0.1, 0.15) is 22.5 Å². The summed E-state index contributed by atoms with van der Waals surface area (Å²) in [6.07, 6.45) is -4.33. The first kappa shape index (κ1) is 14.4. The maximum absolute atomic E-state index is 12.9. The van der Waals surface area contributed by atoms with Gasteiger partial charge in [-0.2, -0.15) is 13.2 Å². The van der Waals surface area contributed by atoms with Gasteiger partial charge in [-0.05, 0) is 37.6 Å². The molecule has 0 unspecified atom stereocenters. The highest BCUT2D eigenvalue weighted by molar-refractivity contribution is 5.48. The number of benzene rings is 1. The Morgan fingerprint density at radius 3 is 2.40 bits per heavy atom. The lowest BCUT2D eigenvalue weighted by Gasteiger charge is -2.14. The van der Waals surface area contributed by atoms with Crippen LogP contribution in [-0.4, -0.2) is 4.98 Å². The summed E-state index contributed by atoms with van der Waals surface area (Å²) in [7, 11) is 0. The molecule has 1 N–H and O–H groups in total. The quantitative estimate of drug-likeness (QED) is 0.905. The van der Waals surface area contributed by atoms with Crippen molar-refractivity contribution in [1.29, 1.82) is 0 Å². The van der Waals surface area contributed by atoms with E-state index in [9.17, 15) is 13.2 Å². The molecule has 0 saturated carbocycles. The van der Waals surface area contributed by atoms with E-state index in [0.29, 0.717) is 0 Å². The van der Waals surface area contributed by atoms with Gasteiger partial charge in [-0.3, -0.25) is 4.98 Å². The lowest BCUT2D eigenvalue weighted by Crippen LogP contribution is -2.12. The molecule has 106 valence electrons. The third-order valence-electron chi connectivity index (χ3n) is 3.02. The first-order chi connectivity index (χ1) is 9.38. The lowest BCUT2D eigenvalue weighted by molar-refractivity contribution is -0.138. The highest BCUT2D eigenvalue weighted by Crippen LogP contribution is 2.32. The standard InChI is InChI=1S/C15H15F3N2/c1-10-7-8-14(11(2)20-10)19-9-12-5-3-4-6-13(12)15(16,17)18/h3-8,19H,9H2,1-2H3. The third-order valence-corrected chi connectivity index (χ3v) is 3.02. The van der Waals surface area contributed by atoms with E-state index in [1.807, 2.05) is 26.0 Å². The molecule has 2 nitrogen and oxygen atoms in total. The number of nitrogens with one attached hydrogen (secondary N) is 1. The average Bonchev–Trinajstić information content (AvgIpc) is 2.37. The molecule has 0 amide bonds. The van der Waals surface area contributed by atoms with E-state index < -0.39 is 11.7 Å². The Bertz CT molecular complexity index is 606. The molecular weight excluding hydrogens is 265 g/mol.